The van der Waals surface area contributed by atoms with E-state index in [0.29, 0.717) is 5.75 Å². The maximum atomic E-state index is 12.4. The summed E-state index contributed by atoms with van der Waals surface area (Å²) < 4.78 is 20.9. The zero-order valence-electron chi connectivity index (χ0n) is 15.3. The van der Waals surface area contributed by atoms with Gasteiger partial charge in [0.2, 0.25) is 0 Å². The van der Waals surface area contributed by atoms with Crippen molar-refractivity contribution in [1.82, 2.24) is 0 Å². The Morgan fingerprint density at radius 1 is 1.04 bits per heavy atom. The molecule has 0 aromatic heterocycles. The molecule has 24 heavy (non-hydrogen) atoms. The molecule has 0 amide bonds. The van der Waals surface area contributed by atoms with Gasteiger partial charge in [0.1, 0.15) is 5.75 Å². The van der Waals surface area contributed by atoms with Crippen molar-refractivity contribution in [2.45, 2.75) is 34.6 Å². The molecule has 0 aliphatic heterocycles. The van der Waals surface area contributed by atoms with Gasteiger partial charge in [0.05, 0.1) is 5.69 Å². The van der Waals surface area contributed by atoms with E-state index in [1.165, 1.54) is 5.56 Å². The lowest BCUT2D eigenvalue weighted by molar-refractivity contribution is 0.560. The zero-order valence-corrected chi connectivity index (χ0v) is 16.1. The molecule has 0 aliphatic carbocycles. The molecule has 2 aromatic carbocycles. The van der Waals surface area contributed by atoms with E-state index in [9.17, 15) is 4.21 Å². The van der Waals surface area contributed by atoms with Crippen molar-refractivity contribution < 1.29 is 8.39 Å². The Kier molecular flexibility index (Phi) is 5.89. The smallest absolute Gasteiger partial charge is 0.316 e. The maximum absolute atomic E-state index is 12.4. The predicted octanol–water partition coefficient (Wildman–Crippen LogP) is 4.45. The predicted molar refractivity (Wildman–Crippen MR) is 103 cm³/mol. The van der Waals surface area contributed by atoms with Gasteiger partial charge in [-0.3, -0.25) is 4.72 Å². The second-order valence-corrected chi connectivity index (χ2v) is 7.00. The van der Waals surface area contributed by atoms with Gasteiger partial charge in [-0.1, -0.05) is 17.7 Å². The maximum Gasteiger partial charge on any atom is 0.316 e. The standard InChI is InChI=1S/C19H26N2O2S/c1-7-21(6)17-8-9-18(14(3)12-17)20-24(22)23-19-15(4)10-13(2)11-16(19)5/h8-12,20H,7H2,1-6H3. The van der Waals surface area contributed by atoms with Crippen LogP contribution in [0.15, 0.2) is 30.3 Å². The Bertz CT molecular complexity index is 736. The van der Waals surface area contributed by atoms with Crippen molar-refractivity contribution in [2.24, 2.45) is 0 Å². The molecule has 4 nitrogen and oxygen atoms in total. The van der Waals surface area contributed by atoms with Crippen molar-refractivity contribution in [3.63, 3.8) is 0 Å². The summed E-state index contributed by atoms with van der Waals surface area (Å²) in [5, 5.41) is 0. The van der Waals surface area contributed by atoms with E-state index >= 15 is 0 Å². The molecular weight excluding hydrogens is 320 g/mol. The summed E-state index contributed by atoms with van der Waals surface area (Å²) in [5.74, 6) is 0.673. The van der Waals surface area contributed by atoms with Gasteiger partial charge in [0.25, 0.3) is 0 Å². The summed E-state index contributed by atoms with van der Waals surface area (Å²) in [5.41, 5.74) is 6.12. The summed E-state index contributed by atoms with van der Waals surface area (Å²) in [6.45, 7) is 11.0. The van der Waals surface area contributed by atoms with Gasteiger partial charge in [0, 0.05) is 19.3 Å². The monoisotopic (exact) mass is 346 g/mol. The molecule has 130 valence electrons. The minimum atomic E-state index is -1.64. The topological polar surface area (TPSA) is 41.6 Å². The fraction of sp³-hybridized carbons (Fsp3) is 0.368. The van der Waals surface area contributed by atoms with Gasteiger partial charge < -0.3 is 9.08 Å². The van der Waals surface area contributed by atoms with Crippen LogP contribution in [0.5, 0.6) is 5.75 Å². The number of benzene rings is 2. The van der Waals surface area contributed by atoms with Gasteiger partial charge in [-0.15, -0.1) is 0 Å². The van der Waals surface area contributed by atoms with Gasteiger partial charge in [0.15, 0.2) is 0 Å². The highest BCUT2D eigenvalue weighted by atomic mass is 32.2. The number of hydrogen-bond acceptors (Lipinski definition) is 3. The highest BCUT2D eigenvalue weighted by Gasteiger charge is 2.11. The van der Waals surface area contributed by atoms with Crippen LogP contribution in [0.2, 0.25) is 0 Å². The first-order valence-corrected chi connectivity index (χ1v) is 9.15. The van der Waals surface area contributed by atoms with Crippen molar-refractivity contribution in [1.29, 1.82) is 0 Å². The fourth-order valence-corrected chi connectivity index (χ4v) is 3.53. The first-order valence-electron chi connectivity index (χ1n) is 8.08. The van der Waals surface area contributed by atoms with E-state index in [4.69, 9.17) is 4.18 Å². The molecule has 0 fully saturated rings. The first kappa shape index (κ1) is 18.3. The third kappa shape index (κ3) is 4.29. The molecule has 5 heteroatoms. The van der Waals surface area contributed by atoms with Crippen molar-refractivity contribution >= 4 is 22.6 Å². The lowest BCUT2D eigenvalue weighted by Crippen LogP contribution is -2.16. The summed E-state index contributed by atoms with van der Waals surface area (Å²) in [4.78, 5) is 2.16. The number of hydrogen-bond donors (Lipinski definition) is 1. The van der Waals surface area contributed by atoms with E-state index in [0.717, 1.165) is 34.6 Å². The third-order valence-electron chi connectivity index (χ3n) is 4.08. The van der Waals surface area contributed by atoms with Gasteiger partial charge in [-0.05, 0) is 69.5 Å². The van der Waals surface area contributed by atoms with E-state index in [1.54, 1.807) is 0 Å². The van der Waals surface area contributed by atoms with Crippen LogP contribution in [0.4, 0.5) is 11.4 Å². The summed E-state index contributed by atoms with van der Waals surface area (Å²) in [6.07, 6.45) is 0. The number of nitrogens with one attached hydrogen (secondary N) is 1. The van der Waals surface area contributed by atoms with Crippen LogP contribution < -0.4 is 13.8 Å². The molecule has 2 rings (SSSR count). The Labute approximate surface area is 147 Å². The molecular formula is C19H26N2O2S. The number of anilines is 2. The third-order valence-corrected chi connectivity index (χ3v) is 4.79. The molecule has 2 aromatic rings. The van der Waals surface area contributed by atoms with Crippen molar-refractivity contribution in [3.05, 3.63) is 52.6 Å². The number of nitrogens with zero attached hydrogens (tertiary/aromatic N) is 1. The second kappa shape index (κ2) is 7.71. The molecule has 1 atom stereocenters. The van der Waals surface area contributed by atoms with Gasteiger partial charge in [-0.25, -0.2) is 0 Å². The van der Waals surface area contributed by atoms with E-state index < -0.39 is 11.3 Å². The SMILES string of the molecule is CCN(C)c1ccc(NS(=O)Oc2c(C)cc(C)cc2C)c(C)c1. The Morgan fingerprint density at radius 2 is 1.67 bits per heavy atom. The van der Waals surface area contributed by atoms with E-state index in [2.05, 4.69) is 22.6 Å². The number of rotatable bonds is 6. The average molecular weight is 346 g/mol. The van der Waals surface area contributed by atoms with E-state index in [1.807, 2.05) is 59.0 Å². The molecule has 0 aliphatic rings. The second-order valence-electron chi connectivity index (χ2n) is 6.16. The van der Waals surface area contributed by atoms with Crippen LogP contribution >= 0.6 is 0 Å². The Hall–Kier alpha value is -2.01. The molecule has 0 spiro atoms. The summed E-state index contributed by atoms with van der Waals surface area (Å²) in [6, 6.07) is 10.1. The van der Waals surface area contributed by atoms with Gasteiger partial charge >= 0.3 is 11.3 Å². The number of aryl methyl sites for hydroxylation is 4. The lowest BCUT2D eigenvalue weighted by atomic mass is 10.1. The first-order chi connectivity index (χ1) is 11.3. The molecule has 1 unspecified atom stereocenters. The van der Waals surface area contributed by atoms with Crippen LogP contribution in [-0.2, 0) is 11.3 Å². The molecule has 0 saturated carbocycles. The fourth-order valence-electron chi connectivity index (χ4n) is 2.67. The molecule has 0 saturated heterocycles. The zero-order chi connectivity index (χ0) is 17.9. The summed E-state index contributed by atoms with van der Waals surface area (Å²) in [7, 11) is 2.05. The Morgan fingerprint density at radius 3 is 2.21 bits per heavy atom. The minimum absolute atomic E-state index is 0.673. The highest BCUT2D eigenvalue weighted by molar-refractivity contribution is 7.82. The van der Waals surface area contributed by atoms with Crippen molar-refractivity contribution in [3.8, 4) is 5.75 Å². The van der Waals surface area contributed by atoms with Gasteiger partial charge in [-0.2, -0.15) is 4.21 Å². The molecule has 0 heterocycles. The molecule has 0 radical (unpaired) electrons. The highest BCUT2D eigenvalue weighted by Crippen LogP contribution is 2.27. The van der Waals surface area contributed by atoms with Crippen LogP contribution in [0.1, 0.15) is 29.2 Å². The van der Waals surface area contributed by atoms with E-state index in [-0.39, 0.29) is 0 Å². The average Bonchev–Trinajstić information content (AvgIpc) is 2.52. The molecule has 0 bridgehead atoms. The summed E-state index contributed by atoms with van der Waals surface area (Å²) >= 11 is -1.64. The normalized spacial score (nSPS) is 11.9. The molecule has 1 N–H and O–H groups in total. The quantitative estimate of drug-likeness (QED) is 0.840. The van der Waals surface area contributed by atoms with Crippen LogP contribution in [0, 0.1) is 27.7 Å². The lowest BCUT2D eigenvalue weighted by Gasteiger charge is -2.19. The van der Waals surface area contributed by atoms with Crippen molar-refractivity contribution in [2.75, 3.05) is 23.2 Å². The van der Waals surface area contributed by atoms with Crippen LogP contribution in [-0.4, -0.2) is 17.8 Å². The minimum Gasteiger partial charge on any atom is -0.384 e. The van der Waals surface area contributed by atoms with Crippen LogP contribution in [0.25, 0.3) is 0 Å². The van der Waals surface area contributed by atoms with Crippen LogP contribution in [0.3, 0.4) is 0 Å². The Balaban J connectivity index is 2.13. The largest absolute Gasteiger partial charge is 0.384 e.